The zero-order chi connectivity index (χ0) is 30.9. The van der Waals surface area contributed by atoms with Gasteiger partial charge in [-0.2, -0.15) is 0 Å². The van der Waals surface area contributed by atoms with Gasteiger partial charge in [-0.1, -0.05) is 140 Å². The van der Waals surface area contributed by atoms with Gasteiger partial charge in [-0.15, -0.1) is 0 Å². The summed E-state index contributed by atoms with van der Waals surface area (Å²) >= 11 is 0. The second-order valence-electron chi connectivity index (χ2n) is 12.5. The highest BCUT2D eigenvalue weighted by Crippen LogP contribution is 2.44. The standard InChI is InChI=1S/C46H29N/c1-2-18-35-32(13-1)29-42-38-21-4-3-19-36(38)37-20-5-6-24-41(37)46(42)45(35)33-16-11-14-30(27-33)31-15-12-17-34(28-31)47-43-25-9-7-22-39(43)40-23-8-10-26-44(40)47/h1-29H. The topological polar surface area (TPSA) is 4.93 Å². The van der Waals surface area contributed by atoms with Gasteiger partial charge in [0.2, 0.25) is 0 Å². The van der Waals surface area contributed by atoms with E-state index < -0.39 is 0 Å². The monoisotopic (exact) mass is 595 g/mol. The quantitative estimate of drug-likeness (QED) is 0.141. The van der Waals surface area contributed by atoms with Crippen molar-refractivity contribution in [2.75, 3.05) is 0 Å². The highest BCUT2D eigenvalue weighted by Gasteiger charge is 2.17. The van der Waals surface area contributed by atoms with Gasteiger partial charge in [0.05, 0.1) is 11.0 Å². The van der Waals surface area contributed by atoms with E-state index in [1.54, 1.807) is 0 Å². The van der Waals surface area contributed by atoms with Gasteiger partial charge in [0, 0.05) is 16.5 Å². The minimum absolute atomic E-state index is 1.17. The largest absolute Gasteiger partial charge is 0.309 e. The molecule has 0 amide bonds. The Balaban J connectivity index is 1.23. The van der Waals surface area contributed by atoms with Gasteiger partial charge in [-0.3, -0.25) is 0 Å². The molecule has 0 spiro atoms. The average Bonchev–Trinajstić information content (AvgIpc) is 3.49. The molecule has 0 fully saturated rings. The van der Waals surface area contributed by atoms with Crippen molar-refractivity contribution in [3.63, 3.8) is 0 Å². The van der Waals surface area contributed by atoms with Crippen LogP contribution in [0, 0.1) is 0 Å². The minimum atomic E-state index is 1.17. The second-order valence-corrected chi connectivity index (χ2v) is 12.5. The fourth-order valence-corrected chi connectivity index (χ4v) is 7.91. The normalized spacial score (nSPS) is 11.8. The summed E-state index contributed by atoms with van der Waals surface area (Å²) in [6, 6.07) is 64.5. The summed E-state index contributed by atoms with van der Waals surface area (Å²) in [5.41, 5.74) is 8.54. The first-order chi connectivity index (χ1) is 23.3. The molecular formula is C46H29N. The van der Waals surface area contributed by atoms with Crippen LogP contribution in [-0.2, 0) is 0 Å². The first-order valence-corrected chi connectivity index (χ1v) is 16.3. The third-order valence-electron chi connectivity index (χ3n) is 9.92. The second kappa shape index (κ2) is 10.2. The Kier molecular flexibility index (Phi) is 5.64. The van der Waals surface area contributed by atoms with E-state index in [0.29, 0.717) is 0 Å². The minimum Gasteiger partial charge on any atom is -0.309 e. The van der Waals surface area contributed by atoms with Crippen LogP contribution in [0.4, 0.5) is 0 Å². The molecule has 10 aromatic rings. The zero-order valence-corrected chi connectivity index (χ0v) is 25.7. The number of hydrogen-bond donors (Lipinski definition) is 0. The molecule has 1 heterocycles. The molecule has 0 radical (unpaired) electrons. The highest BCUT2D eigenvalue weighted by atomic mass is 15.0. The van der Waals surface area contributed by atoms with Crippen molar-refractivity contribution in [3.05, 3.63) is 176 Å². The molecule has 1 aromatic heterocycles. The Morgan fingerprint density at radius 2 is 0.787 bits per heavy atom. The summed E-state index contributed by atoms with van der Waals surface area (Å²) in [6.45, 7) is 0. The van der Waals surface area contributed by atoms with Gasteiger partial charge >= 0.3 is 0 Å². The lowest BCUT2D eigenvalue weighted by molar-refractivity contribution is 1.18. The van der Waals surface area contributed by atoms with E-state index in [9.17, 15) is 0 Å². The number of hydrogen-bond acceptors (Lipinski definition) is 0. The van der Waals surface area contributed by atoms with Gasteiger partial charge in [0.1, 0.15) is 0 Å². The van der Waals surface area contributed by atoms with Crippen molar-refractivity contribution in [3.8, 4) is 27.9 Å². The molecule has 0 bridgehead atoms. The average molecular weight is 596 g/mol. The Labute approximate surface area is 272 Å². The fourth-order valence-electron chi connectivity index (χ4n) is 7.91. The van der Waals surface area contributed by atoms with Crippen LogP contribution in [0.3, 0.4) is 0 Å². The molecule has 0 unspecified atom stereocenters. The fraction of sp³-hybridized carbons (Fsp3) is 0. The van der Waals surface area contributed by atoms with E-state index >= 15 is 0 Å². The molecule has 0 aliphatic rings. The molecule has 0 atom stereocenters. The molecule has 1 heteroatoms. The summed E-state index contributed by atoms with van der Waals surface area (Å²) in [5, 5.41) is 12.9. The number of aromatic nitrogens is 1. The lowest BCUT2D eigenvalue weighted by Crippen LogP contribution is -1.94. The van der Waals surface area contributed by atoms with Gasteiger partial charge in [-0.05, 0) is 102 Å². The van der Waals surface area contributed by atoms with Crippen LogP contribution in [0.1, 0.15) is 0 Å². The first-order valence-electron chi connectivity index (χ1n) is 16.3. The van der Waals surface area contributed by atoms with Crippen LogP contribution in [0.2, 0.25) is 0 Å². The van der Waals surface area contributed by atoms with Gasteiger partial charge in [-0.25, -0.2) is 0 Å². The molecule has 10 rings (SSSR count). The summed E-state index contributed by atoms with van der Waals surface area (Å²) in [6.07, 6.45) is 0. The lowest BCUT2D eigenvalue weighted by atomic mass is 9.85. The van der Waals surface area contributed by atoms with E-state index in [1.807, 2.05) is 0 Å². The van der Waals surface area contributed by atoms with Crippen molar-refractivity contribution >= 4 is 64.9 Å². The number of nitrogens with zero attached hydrogens (tertiary/aromatic N) is 1. The predicted octanol–water partition coefficient (Wildman–Crippen LogP) is 12.7. The van der Waals surface area contributed by atoms with E-state index in [-0.39, 0.29) is 0 Å². The van der Waals surface area contributed by atoms with E-state index in [0.717, 1.165) is 0 Å². The van der Waals surface area contributed by atoms with E-state index in [1.165, 1.54) is 92.8 Å². The van der Waals surface area contributed by atoms with E-state index in [2.05, 4.69) is 180 Å². The maximum absolute atomic E-state index is 2.40. The lowest BCUT2D eigenvalue weighted by Gasteiger charge is -2.18. The number of fused-ring (bicyclic) bond motifs is 10. The Bertz CT molecular complexity index is 2800. The van der Waals surface area contributed by atoms with Crippen LogP contribution >= 0.6 is 0 Å². The van der Waals surface area contributed by atoms with Crippen LogP contribution in [-0.4, -0.2) is 4.57 Å². The van der Waals surface area contributed by atoms with Crippen LogP contribution in [0.25, 0.3) is 92.8 Å². The summed E-state index contributed by atoms with van der Waals surface area (Å²) in [5.74, 6) is 0. The number of para-hydroxylation sites is 2. The number of rotatable bonds is 3. The summed E-state index contributed by atoms with van der Waals surface area (Å²) < 4.78 is 2.40. The third kappa shape index (κ3) is 3.90. The maximum Gasteiger partial charge on any atom is 0.0541 e. The predicted molar refractivity (Wildman–Crippen MR) is 202 cm³/mol. The van der Waals surface area contributed by atoms with Crippen molar-refractivity contribution in [2.24, 2.45) is 0 Å². The van der Waals surface area contributed by atoms with Crippen molar-refractivity contribution in [2.45, 2.75) is 0 Å². The summed E-state index contributed by atoms with van der Waals surface area (Å²) in [7, 11) is 0. The molecule has 47 heavy (non-hydrogen) atoms. The van der Waals surface area contributed by atoms with Crippen LogP contribution < -0.4 is 0 Å². The van der Waals surface area contributed by atoms with Crippen molar-refractivity contribution < 1.29 is 0 Å². The van der Waals surface area contributed by atoms with Crippen LogP contribution in [0.5, 0.6) is 0 Å². The molecule has 0 aliphatic carbocycles. The Morgan fingerprint density at radius 1 is 0.298 bits per heavy atom. The third-order valence-corrected chi connectivity index (χ3v) is 9.92. The smallest absolute Gasteiger partial charge is 0.0541 e. The van der Waals surface area contributed by atoms with Gasteiger partial charge in [0.25, 0.3) is 0 Å². The number of benzene rings is 9. The molecule has 1 nitrogen and oxygen atoms in total. The van der Waals surface area contributed by atoms with Gasteiger partial charge < -0.3 is 4.57 Å². The van der Waals surface area contributed by atoms with Crippen molar-refractivity contribution in [1.82, 2.24) is 4.57 Å². The highest BCUT2D eigenvalue weighted by molar-refractivity contribution is 6.32. The van der Waals surface area contributed by atoms with Gasteiger partial charge in [0.15, 0.2) is 0 Å². The van der Waals surface area contributed by atoms with Crippen LogP contribution in [0.15, 0.2) is 176 Å². The molecule has 9 aromatic carbocycles. The zero-order valence-electron chi connectivity index (χ0n) is 25.7. The molecular weight excluding hydrogens is 567 g/mol. The summed E-state index contributed by atoms with van der Waals surface area (Å²) in [4.78, 5) is 0. The first kappa shape index (κ1) is 26.1. The molecule has 0 saturated heterocycles. The maximum atomic E-state index is 2.40. The molecule has 0 N–H and O–H groups in total. The molecule has 0 saturated carbocycles. The van der Waals surface area contributed by atoms with E-state index in [4.69, 9.17) is 0 Å². The molecule has 0 aliphatic heterocycles. The Hall–Kier alpha value is -6.18. The van der Waals surface area contributed by atoms with Crippen molar-refractivity contribution in [1.29, 1.82) is 0 Å². The SMILES string of the molecule is c1cc(-c2cccc(-n3c4ccccc4c4ccccc43)c2)cc(-c2c3ccccc3cc3c4ccccc4c4ccccc4c23)c1. The molecule has 218 valence electrons. The Morgan fingerprint density at radius 3 is 1.49 bits per heavy atom.